The molecule has 0 radical (unpaired) electrons. The van der Waals surface area contributed by atoms with Crippen LogP contribution in [0.1, 0.15) is 11.1 Å². The Labute approximate surface area is 159 Å². The lowest BCUT2D eigenvalue weighted by molar-refractivity contribution is -0.180. The number of methoxy groups -OCH3 is 2. The third kappa shape index (κ3) is 5.64. The smallest absolute Gasteiger partial charge is 0.328 e. The molecule has 2 aromatic rings. The summed E-state index contributed by atoms with van der Waals surface area (Å²) >= 11 is 0. The zero-order valence-electron chi connectivity index (χ0n) is 15.6. The SMILES string of the molecule is COC(=O)C(COCc1ccccc1)(COCc1ccccc1)C(=O)OC. The van der Waals surface area contributed by atoms with Crippen molar-refractivity contribution < 1.29 is 28.5 Å². The number of rotatable bonds is 10. The number of hydrogen-bond acceptors (Lipinski definition) is 6. The first-order valence-corrected chi connectivity index (χ1v) is 8.52. The average Bonchev–Trinajstić information content (AvgIpc) is 2.73. The summed E-state index contributed by atoms with van der Waals surface area (Å²) in [4.78, 5) is 24.9. The van der Waals surface area contributed by atoms with E-state index in [0.717, 1.165) is 11.1 Å². The van der Waals surface area contributed by atoms with Crippen LogP contribution in [0.5, 0.6) is 0 Å². The largest absolute Gasteiger partial charge is 0.468 e. The van der Waals surface area contributed by atoms with E-state index < -0.39 is 17.4 Å². The molecule has 144 valence electrons. The van der Waals surface area contributed by atoms with Crippen molar-refractivity contribution in [2.75, 3.05) is 27.4 Å². The normalized spacial score (nSPS) is 11.0. The molecule has 2 rings (SSSR count). The highest BCUT2D eigenvalue weighted by Gasteiger charge is 2.49. The van der Waals surface area contributed by atoms with Crippen molar-refractivity contribution in [2.45, 2.75) is 13.2 Å². The standard InChI is InChI=1S/C21H24O6/c1-24-19(22)21(20(23)25-2,15-26-13-17-9-5-3-6-10-17)16-27-14-18-11-7-4-8-12-18/h3-12H,13-16H2,1-2H3. The lowest BCUT2D eigenvalue weighted by atomic mass is 9.90. The van der Waals surface area contributed by atoms with E-state index in [2.05, 4.69) is 0 Å². The van der Waals surface area contributed by atoms with Gasteiger partial charge in [-0.05, 0) is 11.1 Å². The van der Waals surface area contributed by atoms with Crippen molar-refractivity contribution in [3.05, 3.63) is 71.8 Å². The van der Waals surface area contributed by atoms with Gasteiger partial charge in [0.1, 0.15) is 0 Å². The van der Waals surface area contributed by atoms with Gasteiger partial charge in [0.15, 0.2) is 0 Å². The van der Waals surface area contributed by atoms with Crippen LogP contribution < -0.4 is 0 Å². The molecule has 6 nitrogen and oxygen atoms in total. The van der Waals surface area contributed by atoms with Crippen LogP contribution in [0.25, 0.3) is 0 Å². The summed E-state index contributed by atoms with van der Waals surface area (Å²) in [5.74, 6) is -1.51. The summed E-state index contributed by atoms with van der Waals surface area (Å²) in [6.45, 7) is 0.0661. The van der Waals surface area contributed by atoms with Gasteiger partial charge in [-0.15, -0.1) is 0 Å². The fraction of sp³-hybridized carbons (Fsp3) is 0.333. The topological polar surface area (TPSA) is 71.1 Å². The lowest BCUT2D eigenvalue weighted by Gasteiger charge is -2.27. The van der Waals surface area contributed by atoms with Crippen molar-refractivity contribution in [3.63, 3.8) is 0 Å². The van der Waals surface area contributed by atoms with Crippen LogP contribution in [0.4, 0.5) is 0 Å². The number of ether oxygens (including phenoxy) is 4. The maximum Gasteiger partial charge on any atom is 0.328 e. The van der Waals surface area contributed by atoms with Gasteiger partial charge in [-0.3, -0.25) is 9.59 Å². The van der Waals surface area contributed by atoms with E-state index in [1.54, 1.807) is 0 Å². The Morgan fingerprint density at radius 3 is 1.41 bits per heavy atom. The van der Waals surface area contributed by atoms with E-state index in [1.807, 2.05) is 60.7 Å². The molecular weight excluding hydrogens is 348 g/mol. The van der Waals surface area contributed by atoms with Crippen LogP contribution in [-0.2, 0) is 41.8 Å². The van der Waals surface area contributed by atoms with Crippen LogP contribution in [0.2, 0.25) is 0 Å². The highest BCUT2D eigenvalue weighted by atomic mass is 16.6. The molecule has 0 spiro atoms. The molecule has 0 aliphatic rings. The lowest BCUT2D eigenvalue weighted by Crippen LogP contribution is -2.48. The zero-order valence-corrected chi connectivity index (χ0v) is 15.6. The maximum atomic E-state index is 12.4. The van der Waals surface area contributed by atoms with E-state index in [9.17, 15) is 9.59 Å². The van der Waals surface area contributed by atoms with E-state index in [-0.39, 0.29) is 26.4 Å². The van der Waals surface area contributed by atoms with Crippen LogP contribution >= 0.6 is 0 Å². The second-order valence-electron chi connectivity index (χ2n) is 6.02. The van der Waals surface area contributed by atoms with Crippen molar-refractivity contribution in [1.82, 2.24) is 0 Å². The molecule has 0 fully saturated rings. The van der Waals surface area contributed by atoms with Crippen LogP contribution in [0.15, 0.2) is 60.7 Å². The van der Waals surface area contributed by atoms with Gasteiger partial charge in [0.2, 0.25) is 5.41 Å². The van der Waals surface area contributed by atoms with Crippen molar-refractivity contribution >= 4 is 11.9 Å². The molecule has 0 N–H and O–H groups in total. The Morgan fingerprint density at radius 2 is 1.07 bits per heavy atom. The summed E-state index contributed by atoms with van der Waals surface area (Å²) in [5.41, 5.74) is 0.158. The molecule has 0 aliphatic carbocycles. The third-order valence-corrected chi connectivity index (χ3v) is 4.07. The minimum absolute atomic E-state index is 0.212. The molecule has 2 aromatic carbocycles. The third-order valence-electron chi connectivity index (χ3n) is 4.07. The second kappa shape index (κ2) is 10.4. The highest BCUT2D eigenvalue weighted by molar-refractivity contribution is 6.00. The summed E-state index contributed by atoms with van der Waals surface area (Å²) < 4.78 is 21.0. The molecule has 27 heavy (non-hydrogen) atoms. The summed E-state index contributed by atoms with van der Waals surface area (Å²) in [6, 6.07) is 18.9. The Balaban J connectivity index is 2.08. The first-order valence-electron chi connectivity index (χ1n) is 8.52. The molecule has 0 aromatic heterocycles. The van der Waals surface area contributed by atoms with Crippen molar-refractivity contribution in [2.24, 2.45) is 5.41 Å². The number of hydrogen-bond donors (Lipinski definition) is 0. The molecule has 0 atom stereocenters. The first-order chi connectivity index (χ1) is 13.1. The van der Waals surface area contributed by atoms with Gasteiger partial charge < -0.3 is 18.9 Å². The zero-order chi connectivity index (χ0) is 19.5. The van der Waals surface area contributed by atoms with Gasteiger partial charge in [-0.25, -0.2) is 0 Å². The van der Waals surface area contributed by atoms with Crippen LogP contribution in [0, 0.1) is 5.41 Å². The molecule has 0 amide bonds. The van der Waals surface area contributed by atoms with E-state index in [0.29, 0.717) is 0 Å². The Hall–Kier alpha value is -2.70. The van der Waals surface area contributed by atoms with E-state index in [4.69, 9.17) is 18.9 Å². The quantitative estimate of drug-likeness (QED) is 0.472. The van der Waals surface area contributed by atoms with Gasteiger partial charge in [0.25, 0.3) is 0 Å². The van der Waals surface area contributed by atoms with Crippen molar-refractivity contribution in [1.29, 1.82) is 0 Å². The monoisotopic (exact) mass is 372 g/mol. The van der Waals surface area contributed by atoms with E-state index in [1.165, 1.54) is 14.2 Å². The Bertz CT molecular complexity index is 650. The van der Waals surface area contributed by atoms with Gasteiger partial charge in [-0.1, -0.05) is 60.7 Å². The first kappa shape index (κ1) is 20.6. The minimum Gasteiger partial charge on any atom is -0.468 e. The van der Waals surface area contributed by atoms with Crippen LogP contribution in [-0.4, -0.2) is 39.4 Å². The predicted molar refractivity (Wildman–Crippen MR) is 98.7 cm³/mol. The minimum atomic E-state index is -1.69. The second-order valence-corrected chi connectivity index (χ2v) is 6.02. The molecule has 0 saturated heterocycles. The van der Waals surface area contributed by atoms with Gasteiger partial charge in [-0.2, -0.15) is 0 Å². The van der Waals surface area contributed by atoms with Crippen molar-refractivity contribution in [3.8, 4) is 0 Å². The fourth-order valence-electron chi connectivity index (χ4n) is 2.59. The number of carbonyl (C=O) groups excluding carboxylic acids is 2. The van der Waals surface area contributed by atoms with Crippen LogP contribution in [0.3, 0.4) is 0 Å². The predicted octanol–water partition coefficient (Wildman–Crippen LogP) is 2.75. The molecule has 0 heterocycles. The maximum absolute atomic E-state index is 12.4. The van der Waals surface area contributed by atoms with Gasteiger partial charge >= 0.3 is 11.9 Å². The molecule has 0 unspecified atom stereocenters. The fourth-order valence-corrected chi connectivity index (χ4v) is 2.59. The number of carbonyl (C=O) groups is 2. The van der Waals surface area contributed by atoms with Gasteiger partial charge in [0.05, 0.1) is 40.6 Å². The Morgan fingerprint density at radius 1 is 0.704 bits per heavy atom. The molecule has 0 bridgehead atoms. The summed E-state index contributed by atoms with van der Waals surface area (Å²) in [6.07, 6.45) is 0. The number of benzene rings is 2. The average molecular weight is 372 g/mol. The molecule has 0 aliphatic heterocycles. The van der Waals surface area contributed by atoms with E-state index >= 15 is 0 Å². The summed E-state index contributed by atoms with van der Waals surface area (Å²) in [5, 5.41) is 0. The molecule has 6 heteroatoms. The molecule has 0 saturated carbocycles. The Kier molecular flexibility index (Phi) is 7.98. The highest BCUT2D eigenvalue weighted by Crippen LogP contribution is 2.24. The molecular formula is C21H24O6. The van der Waals surface area contributed by atoms with Gasteiger partial charge in [0, 0.05) is 0 Å². The summed E-state index contributed by atoms with van der Waals surface area (Å²) in [7, 11) is 2.43. The number of esters is 2.